The number of amides is 1. The van der Waals surface area contributed by atoms with Gasteiger partial charge in [0.15, 0.2) is 17.5 Å². The summed E-state index contributed by atoms with van der Waals surface area (Å²) < 4.78 is 28.1. The van der Waals surface area contributed by atoms with Crippen LogP contribution in [0.3, 0.4) is 0 Å². The summed E-state index contributed by atoms with van der Waals surface area (Å²) in [5.74, 6) is -3.54. The van der Waals surface area contributed by atoms with E-state index in [0.29, 0.717) is 6.42 Å². The summed E-state index contributed by atoms with van der Waals surface area (Å²) in [7, 11) is 1.35. The van der Waals surface area contributed by atoms with E-state index in [-0.39, 0.29) is 36.3 Å². The van der Waals surface area contributed by atoms with E-state index < -0.39 is 48.0 Å². The molecule has 2 heterocycles. The SMILES string of the molecule is COc1ccnc(C(=O)NC2COCC(Cc3cccc4ccccc34)C(OC(=O)C(C)C)C(C)OC2=O)c1OC(C)=O. The summed E-state index contributed by atoms with van der Waals surface area (Å²) in [5, 5.41) is 4.70. The Balaban J connectivity index is 1.60. The maximum Gasteiger partial charge on any atom is 0.331 e. The van der Waals surface area contributed by atoms with E-state index in [0.717, 1.165) is 16.3 Å². The molecule has 11 heteroatoms. The fourth-order valence-corrected chi connectivity index (χ4v) is 4.93. The molecule has 1 aromatic heterocycles. The average molecular weight is 593 g/mol. The molecule has 1 fully saturated rings. The summed E-state index contributed by atoms with van der Waals surface area (Å²) in [6, 6.07) is 14.2. The van der Waals surface area contributed by atoms with Gasteiger partial charge in [-0.3, -0.25) is 14.4 Å². The molecule has 228 valence electrons. The van der Waals surface area contributed by atoms with Gasteiger partial charge in [0.25, 0.3) is 5.91 Å². The van der Waals surface area contributed by atoms with Crippen LogP contribution in [0.25, 0.3) is 10.8 Å². The lowest BCUT2D eigenvalue weighted by molar-refractivity contribution is -0.173. The molecular formula is C32H36N2O9. The van der Waals surface area contributed by atoms with Gasteiger partial charge in [-0.2, -0.15) is 0 Å². The van der Waals surface area contributed by atoms with Crippen molar-refractivity contribution >= 4 is 34.6 Å². The molecule has 43 heavy (non-hydrogen) atoms. The normalized spacial score (nSPS) is 20.7. The van der Waals surface area contributed by atoms with Gasteiger partial charge in [-0.25, -0.2) is 9.78 Å². The third-order valence-electron chi connectivity index (χ3n) is 7.07. The van der Waals surface area contributed by atoms with Crippen LogP contribution >= 0.6 is 0 Å². The molecular weight excluding hydrogens is 556 g/mol. The Hall–Kier alpha value is -4.51. The largest absolute Gasteiger partial charge is 0.493 e. The van der Waals surface area contributed by atoms with Crippen LogP contribution in [0, 0.1) is 11.8 Å². The first-order chi connectivity index (χ1) is 20.6. The third-order valence-corrected chi connectivity index (χ3v) is 7.07. The fourth-order valence-electron chi connectivity index (χ4n) is 4.93. The van der Waals surface area contributed by atoms with Crippen molar-refractivity contribution in [2.24, 2.45) is 11.8 Å². The van der Waals surface area contributed by atoms with Crippen molar-refractivity contribution in [1.82, 2.24) is 10.3 Å². The molecule has 4 rings (SSSR count). The van der Waals surface area contributed by atoms with Gasteiger partial charge in [-0.15, -0.1) is 0 Å². The number of benzene rings is 2. The van der Waals surface area contributed by atoms with Crippen LogP contribution in [-0.2, 0) is 35.0 Å². The van der Waals surface area contributed by atoms with E-state index in [1.807, 2.05) is 42.5 Å². The zero-order valence-corrected chi connectivity index (χ0v) is 24.8. The van der Waals surface area contributed by atoms with Gasteiger partial charge in [0.2, 0.25) is 5.75 Å². The number of cyclic esters (lactones) is 1. The smallest absolute Gasteiger partial charge is 0.331 e. The van der Waals surface area contributed by atoms with Crippen LogP contribution in [0.2, 0.25) is 0 Å². The first-order valence-electron chi connectivity index (χ1n) is 14.1. The van der Waals surface area contributed by atoms with Crippen molar-refractivity contribution in [1.29, 1.82) is 0 Å². The number of aromatic nitrogens is 1. The van der Waals surface area contributed by atoms with Crippen LogP contribution in [-0.4, -0.2) is 67.4 Å². The van der Waals surface area contributed by atoms with Crippen LogP contribution in [0.15, 0.2) is 54.7 Å². The molecule has 4 unspecified atom stereocenters. The third kappa shape index (κ3) is 7.66. The lowest BCUT2D eigenvalue weighted by Crippen LogP contribution is -2.47. The quantitative estimate of drug-likeness (QED) is 0.386. The molecule has 0 spiro atoms. The standard InChI is InChI=1S/C32H36N2O9/c1-18(2)31(37)43-28-19(3)41-32(38)25(34-30(36)27-29(42-20(4)35)26(39-5)13-14-33-27)17-40-16-23(28)15-22-11-8-10-21-9-6-7-12-24(21)22/h6-14,18-19,23,25,28H,15-17H2,1-5H3,(H,34,36). The van der Waals surface area contributed by atoms with Gasteiger partial charge < -0.3 is 29.0 Å². The zero-order valence-electron chi connectivity index (χ0n) is 24.8. The van der Waals surface area contributed by atoms with Crippen LogP contribution in [0.5, 0.6) is 11.5 Å². The number of methoxy groups -OCH3 is 1. The van der Waals surface area contributed by atoms with E-state index in [2.05, 4.69) is 10.3 Å². The van der Waals surface area contributed by atoms with E-state index >= 15 is 0 Å². The van der Waals surface area contributed by atoms with Crippen molar-refractivity contribution < 1.29 is 42.9 Å². The molecule has 1 amide bonds. The maximum absolute atomic E-state index is 13.3. The van der Waals surface area contributed by atoms with Gasteiger partial charge in [-0.1, -0.05) is 56.3 Å². The molecule has 4 atom stereocenters. The van der Waals surface area contributed by atoms with Crippen molar-refractivity contribution in [3.8, 4) is 11.5 Å². The van der Waals surface area contributed by atoms with Crippen molar-refractivity contribution in [3.05, 3.63) is 66.0 Å². The summed E-state index contributed by atoms with van der Waals surface area (Å²) in [4.78, 5) is 55.0. The first kappa shape index (κ1) is 31.4. The topological polar surface area (TPSA) is 139 Å². The molecule has 0 bridgehead atoms. The molecule has 2 aromatic carbocycles. The second kappa shape index (κ2) is 14.1. The number of ether oxygens (including phenoxy) is 5. The van der Waals surface area contributed by atoms with Crippen molar-refractivity contribution in [3.63, 3.8) is 0 Å². The average Bonchev–Trinajstić information content (AvgIpc) is 3.02. The second-order valence-electron chi connectivity index (χ2n) is 10.6. The Labute approximate surface area is 249 Å². The number of nitrogens with zero attached hydrogens (tertiary/aromatic N) is 1. The highest BCUT2D eigenvalue weighted by molar-refractivity contribution is 5.98. The summed E-state index contributed by atoms with van der Waals surface area (Å²) in [6.07, 6.45) is 0.119. The molecule has 1 aliphatic heterocycles. The van der Waals surface area contributed by atoms with Gasteiger partial charge in [0, 0.05) is 25.1 Å². The first-order valence-corrected chi connectivity index (χ1v) is 14.1. The summed E-state index contributed by atoms with van der Waals surface area (Å²) >= 11 is 0. The number of carbonyl (C=O) groups excluding carboxylic acids is 4. The number of pyridine rings is 1. The molecule has 0 radical (unpaired) electrons. The van der Waals surface area contributed by atoms with E-state index in [9.17, 15) is 19.2 Å². The molecule has 1 aliphatic rings. The highest BCUT2D eigenvalue weighted by atomic mass is 16.6. The zero-order chi connectivity index (χ0) is 31.1. The Morgan fingerprint density at radius 2 is 1.81 bits per heavy atom. The maximum atomic E-state index is 13.3. The van der Waals surface area contributed by atoms with Crippen LogP contribution < -0.4 is 14.8 Å². The highest BCUT2D eigenvalue weighted by Gasteiger charge is 2.38. The molecule has 0 aliphatic carbocycles. The predicted octanol–water partition coefficient (Wildman–Crippen LogP) is 3.66. The number of nitrogens with one attached hydrogen (secondary N) is 1. The van der Waals surface area contributed by atoms with Gasteiger partial charge in [-0.05, 0) is 29.7 Å². The number of esters is 3. The Kier molecular flexibility index (Phi) is 10.3. The van der Waals surface area contributed by atoms with E-state index in [1.54, 1.807) is 20.8 Å². The Morgan fingerprint density at radius 1 is 1.07 bits per heavy atom. The minimum absolute atomic E-state index is 0.114. The molecule has 1 saturated heterocycles. The Morgan fingerprint density at radius 3 is 2.53 bits per heavy atom. The number of fused-ring (bicyclic) bond motifs is 1. The number of carbonyl (C=O) groups is 4. The minimum Gasteiger partial charge on any atom is -0.493 e. The molecule has 11 nitrogen and oxygen atoms in total. The summed E-state index contributed by atoms with van der Waals surface area (Å²) in [5.41, 5.74) is 0.773. The number of hydrogen-bond acceptors (Lipinski definition) is 10. The van der Waals surface area contributed by atoms with Gasteiger partial charge >= 0.3 is 17.9 Å². The highest BCUT2D eigenvalue weighted by Crippen LogP contribution is 2.30. The van der Waals surface area contributed by atoms with Crippen LogP contribution in [0.4, 0.5) is 0 Å². The number of rotatable bonds is 8. The number of hydrogen-bond donors (Lipinski definition) is 1. The molecule has 3 aromatic rings. The monoisotopic (exact) mass is 592 g/mol. The minimum atomic E-state index is -1.23. The lowest BCUT2D eigenvalue weighted by Gasteiger charge is -2.31. The van der Waals surface area contributed by atoms with Gasteiger partial charge in [0.1, 0.15) is 12.2 Å². The van der Waals surface area contributed by atoms with Gasteiger partial charge in [0.05, 0.1) is 26.2 Å². The van der Waals surface area contributed by atoms with E-state index in [1.165, 1.54) is 26.3 Å². The van der Waals surface area contributed by atoms with E-state index in [4.69, 9.17) is 23.7 Å². The lowest BCUT2D eigenvalue weighted by atomic mass is 9.89. The predicted molar refractivity (Wildman–Crippen MR) is 156 cm³/mol. The summed E-state index contributed by atoms with van der Waals surface area (Å²) in [6.45, 7) is 6.18. The molecule has 0 saturated carbocycles. The van der Waals surface area contributed by atoms with Crippen molar-refractivity contribution in [2.75, 3.05) is 20.3 Å². The fraction of sp³-hybridized carbons (Fsp3) is 0.406. The molecule has 1 N–H and O–H groups in total. The van der Waals surface area contributed by atoms with Crippen molar-refractivity contribution in [2.45, 2.75) is 52.4 Å². The van der Waals surface area contributed by atoms with Crippen LogP contribution in [0.1, 0.15) is 43.7 Å². The Bertz CT molecular complexity index is 1480. The second-order valence-corrected chi connectivity index (χ2v) is 10.6.